The minimum absolute atomic E-state index is 0.0354. The summed E-state index contributed by atoms with van der Waals surface area (Å²) in [5.41, 5.74) is 6.12. The van der Waals surface area contributed by atoms with Crippen LogP contribution in [0.15, 0.2) is 30.6 Å². The van der Waals surface area contributed by atoms with Crippen LogP contribution in [0.2, 0.25) is 0 Å². The molecule has 0 radical (unpaired) electrons. The largest absolute Gasteiger partial charge is 0.334 e. The Morgan fingerprint density at radius 1 is 1.15 bits per heavy atom. The number of rotatable bonds is 4. The smallest absolute Gasteiger partial charge is 0.276 e. The Labute approximate surface area is 193 Å². The Bertz CT molecular complexity index is 1170. The zero-order chi connectivity index (χ0) is 23.1. The first-order chi connectivity index (χ1) is 15.9. The molecule has 9 nitrogen and oxygen atoms in total. The van der Waals surface area contributed by atoms with Gasteiger partial charge < -0.3 is 10.2 Å². The van der Waals surface area contributed by atoms with Crippen LogP contribution < -0.4 is 5.32 Å². The first-order valence-electron chi connectivity index (χ1n) is 11.5. The number of nitrogens with zero attached hydrogens (tertiary/aromatic N) is 7. The zero-order valence-corrected chi connectivity index (χ0v) is 19.6. The number of likely N-dealkylation sites (tertiary alicyclic amines) is 1. The Morgan fingerprint density at radius 3 is 2.64 bits per heavy atom. The molecule has 0 saturated carbocycles. The summed E-state index contributed by atoms with van der Waals surface area (Å²) in [5.74, 6) is 0.602. The van der Waals surface area contributed by atoms with Crippen LogP contribution in [0.1, 0.15) is 52.6 Å². The molecule has 9 heteroatoms. The molecule has 2 aromatic heterocycles. The molecule has 172 valence electrons. The maximum absolute atomic E-state index is 12.8. The summed E-state index contributed by atoms with van der Waals surface area (Å²) < 4.78 is 1.57. The van der Waals surface area contributed by atoms with Gasteiger partial charge in [0.15, 0.2) is 5.69 Å². The number of aryl methyl sites for hydroxylation is 3. The highest BCUT2D eigenvalue weighted by molar-refractivity contribution is 5.92. The van der Waals surface area contributed by atoms with Gasteiger partial charge in [0.1, 0.15) is 0 Å². The second-order valence-corrected chi connectivity index (χ2v) is 9.38. The molecule has 2 atom stereocenters. The molecule has 1 fully saturated rings. The van der Waals surface area contributed by atoms with Gasteiger partial charge in [-0.1, -0.05) is 11.3 Å². The Balaban J connectivity index is 1.23. The van der Waals surface area contributed by atoms with Crippen LogP contribution in [0.5, 0.6) is 0 Å². The molecular weight excluding hydrogens is 416 g/mol. The van der Waals surface area contributed by atoms with Crippen LogP contribution in [0.4, 0.5) is 11.6 Å². The van der Waals surface area contributed by atoms with Gasteiger partial charge in [-0.15, -0.1) is 5.10 Å². The van der Waals surface area contributed by atoms with Crippen LogP contribution in [0.3, 0.4) is 0 Å². The first kappa shape index (κ1) is 21.5. The molecule has 1 amide bonds. The lowest BCUT2D eigenvalue weighted by Gasteiger charge is -2.40. The standard InChI is InChI=1S/C24H30N8O/c1-15-7-16(2)9-19(8-15)26-24-25-11-18-12-31(14-21(18)27-24)20-5-6-32(17(3)10-20)23(33)22-13-30(4)29-28-22/h7-9,11,13,17,20H,5-6,10,12,14H2,1-4H3,(H,25,26,27)/t17-,20-/m1/s1. The maximum atomic E-state index is 12.8. The van der Waals surface area contributed by atoms with E-state index in [0.717, 1.165) is 43.9 Å². The number of aromatic nitrogens is 5. The van der Waals surface area contributed by atoms with Crippen molar-refractivity contribution in [2.24, 2.45) is 7.05 Å². The van der Waals surface area contributed by atoms with E-state index >= 15 is 0 Å². The number of benzene rings is 1. The van der Waals surface area contributed by atoms with Gasteiger partial charge in [0.25, 0.3) is 5.91 Å². The van der Waals surface area contributed by atoms with Crippen LogP contribution in [-0.4, -0.2) is 59.3 Å². The van der Waals surface area contributed by atoms with Gasteiger partial charge in [-0.25, -0.2) is 9.97 Å². The number of piperidine rings is 1. The average Bonchev–Trinajstić information content (AvgIpc) is 3.38. The van der Waals surface area contributed by atoms with Crippen molar-refractivity contribution in [3.8, 4) is 0 Å². The van der Waals surface area contributed by atoms with Crippen molar-refractivity contribution in [1.82, 2.24) is 34.8 Å². The number of hydrogen-bond donors (Lipinski definition) is 1. The van der Waals surface area contributed by atoms with E-state index in [0.29, 0.717) is 17.7 Å². The highest BCUT2D eigenvalue weighted by atomic mass is 16.2. The quantitative estimate of drug-likeness (QED) is 0.659. The van der Waals surface area contributed by atoms with Crippen molar-refractivity contribution >= 4 is 17.5 Å². The third kappa shape index (κ3) is 4.45. The van der Waals surface area contributed by atoms with E-state index < -0.39 is 0 Å². The number of carbonyl (C=O) groups excluding carboxylic acids is 1. The second-order valence-electron chi connectivity index (χ2n) is 9.38. The lowest BCUT2D eigenvalue weighted by atomic mass is 9.96. The number of hydrogen-bond acceptors (Lipinski definition) is 7. The molecule has 4 heterocycles. The van der Waals surface area contributed by atoms with E-state index in [9.17, 15) is 4.79 Å². The van der Waals surface area contributed by atoms with Crippen LogP contribution in [0.25, 0.3) is 0 Å². The maximum Gasteiger partial charge on any atom is 0.276 e. The van der Waals surface area contributed by atoms with E-state index in [-0.39, 0.29) is 11.9 Å². The molecule has 2 aliphatic rings. The third-order valence-corrected chi connectivity index (χ3v) is 6.61. The number of fused-ring (bicyclic) bond motifs is 1. The lowest BCUT2D eigenvalue weighted by Crippen LogP contribution is -2.50. The molecule has 2 aliphatic heterocycles. The van der Waals surface area contributed by atoms with Crippen LogP contribution in [-0.2, 0) is 20.1 Å². The molecule has 3 aromatic rings. The predicted molar refractivity (Wildman–Crippen MR) is 125 cm³/mol. The number of carbonyl (C=O) groups is 1. The zero-order valence-electron chi connectivity index (χ0n) is 19.6. The fourth-order valence-electron chi connectivity index (χ4n) is 5.05. The third-order valence-electron chi connectivity index (χ3n) is 6.61. The summed E-state index contributed by atoms with van der Waals surface area (Å²) in [6.07, 6.45) is 5.50. The fourth-order valence-corrected chi connectivity index (χ4v) is 5.05. The number of amides is 1. The summed E-state index contributed by atoms with van der Waals surface area (Å²) in [7, 11) is 1.77. The Morgan fingerprint density at radius 2 is 1.94 bits per heavy atom. The summed E-state index contributed by atoms with van der Waals surface area (Å²) >= 11 is 0. The Hall–Kier alpha value is -3.33. The van der Waals surface area contributed by atoms with Gasteiger partial charge in [-0.3, -0.25) is 14.4 Å². The highest BCUT2D eigenvalue weighted by Gasteiger charge is 2.35. The van der Waals surface area contributed by atoms with Crippen molar-refractivity contribution in [1.29, 1.82) is 0 Å². The van der Waals surface area contributed by atoms with Crippen molar-refractivity contribution in [3.63, 3.8) is 0 Å². The van der Waals surface area contributed by atoms with Gasteiger partial charge in [0.05, 0.1) is 11.9 Å². The summed E-state index contributed by atoms with van der Waals surface area (Å²) in [6, 6.07) is 6.92. The van der Waals surface area contributed by atoms with E-state index in [4.69, 9.17) is 4.98 Å². The molecular formula is C24H30N8O. The van der Waals surface area contributed by atoms with Gasteiger partial charge in [-0.2, -0.15) is 0 Å². The minimum atomic E-state index is -0.0354. The van der Waals surface area contributed by atoms with Crippen molar-refractivity contribution in [2.45, 2.75) is 58.8 Å². The van der Waals surface area contributed by atoms with Gasteiger partial charge in [-0.05, 0) is 56.9 Å². The van der Waals surface area contributed by atoms with E-state index in [1.165, 1.54) is 16.7 Å². The lowest BCUT2D eigenvalue weighted by molar-refractivity contribution is 0.0455. The first-order valence-corrected chi connectivity index (χ1v) is 11.5. The molecule has 1 saturated heterocycles. The van der Waals surface area contributed by atoms with Crippen LogP contribution >= 0.6 is 0 Å². The van der Waals surface area contributed by atoms with Gasteiger partial charge >= 0.3 is 0 Å². The Kier molecular flexibility index (Phi) is 5.57. The average molecular weight is 447 g/mol. The van der Waals surface area contributed by atoms with Crippen molar-refractivity contribution in [3.05, 3.63) is 58.7 Å². The highest BCUT2D eigenvalue weighted by Crippen LogP contribution is 2.30. The van der Waals surface area contributed by atoms with Gasteiger partial charge in [0, 0.05) is 56.2 Å². The van der Waals surface area contributed by atoms with Crippen molar-refractivity contribution in [2.75, 3.05) is 11.9 Å². The van der Waals surface area contributed by atoms with E-state index in [1.54, 1.807) is 17.9 Å². The normalized spacial score (nSPS) is 20.7. The molecule has 1 N–H and O–H groups in total. The molecule has 0 unspecified atom stereocenters. The topological polar surface area (TPSA) is 92.1 Å². The summed E-state index contributed by atoms with van der Waals surface area (Å²) in [6.45, 7) is 8.69. The number of nitrogens with one attached hydrogen (secondary N) is 1. The van der Waals surface area contributed by atoms with E-state index in [1.807, 2.05) is 11.1 Å². The molecule has 1 aromatic carbocycles. The predicted octanol–water partition coefficient (Wildman–Crippen LogP) is 2.97. The fraction of sp³-hybridized carbons (Fsp3) is 0.458. The molecule has 0 aliphatic carbocycles. The second kappa shape index (κ2) is 8.55. The van der Waals surface area contributed by atoms with E-state index in [2.05, 4.69) is 64.5 Å². The minimum Gasteiger partial charge on any atom is -0.334 e. The van der Waals surface area contributed by atoms with Gasteiger partial charge in [0.2, 0.25) is 5.95 Å². The van der Waals surface area contributed by atoms with Crippen LogP contribution in [0, 0.1) is 13.8 Å². The summed E-state index contributed by atoms with van der Waals surface area (Å²) in [5, 5.41) is 11.2. The monoisotopic (exact) mass is 446 g/mol. The SMILES string of the molecule is Cc1cc(C)cc(Nc2ncc3c(n2)CN([C@@H]2CCN(C(=O)c4cn(C)nn4)[C@H](C)C2)C3)c1. The molecule has 5 rings (SSSR count). The molecule has 0 bridgehead atoms. The number of anilines is 2. The molecule has 33 heavy (non-hydrogen) atoms. The summed E-state index contributed by atoms with van der Waals surface area (Å²) in [4.78, 5) is 26.6. The molecule has 0 spiro atoms. The van der Waals surface area contributed by atoms with Crippen molar-refractivity contribution < 1.29 is 4.79 Å².